The van der Waals surface area contributed by atoms with Gasteiger partial charge in [-0.3, -0.25) is 4.18 Å². The van der Waals surface area contributed by atoms with Crippen LogP contribution in [0.4, 0.5) is 0 Å². The molecular formula is C18H21NO5S2. The summed E-state index contributed by atoms with van der Waals surface area (Å²) in [5, 5.41) is 3.84. The molecule has 0 saturated carbocycles. The first-order chi connectivity index (χ1) is 12.3. The largest absolute Gasteiger partial charge is 0.726 e. The third-order valence-electron chi connectivity index (χ3n) is 3.78. The van der Waals surface area contributed by atoms with E-state index in [1.165, 1.54) is 26.0 Å². The Morgan fingerprint density at radius 3 is 2.46 bits per heavy atom. The van der Waals surface area contributed by atoms with Crippen LogP contribution in [0.1, 0.15) is 18.9 Å². The summed E-state index contributed by atoms with van der Waals surface area (Å²) in [6.45, 7) is 5.13. The van der Waals surface area contributed by atoms with Crippen molar-refractivity contribution in [2.45, 2.75) is 20.4 Å². The standard InChI is InChI=1S/C17H18NOS.CH4O4S/c1-4-18-16(11-12(2)19-3)20-15-10-9-13-7-5-6-8-14(13)17(15)18;1-5-6(2,3)4/h5-11H,4H2,1-3H3;1H3,(H,2,3,4)/q+1;/p-1/b12-11+;. The minimum absolute atomic E-state index is 0.808. The monoisotopic (exact) mass is 395 g/mol. The van der Waals surface area contributed by atoms with Crippen LogP contribution in [0.2, 0.25) is 0 Å². The lowest BCUT2D eigenvalue weighted by molar-refractivity contribution is -0.664. The average molecular weight is 396 g/mol. The normalized spacial score (nSPS) is 12.1. The van der Waals surface area contributed by atoms with Gasteiger partial charge in [0.1, 0.15) is 11.2 Å². The Morgan fingerprint density at radius 2 is 1.88 bits per heavy atom. The lowest BCUT2D eigenvalue weighted by Crippen LogP contribution is -2.33. The van der Waals surface area contributed by atoms with Gasteiger partial charge in [0.05, 0.1) is 31.4 Å². The second kappa shape index (κ2) is 8.59. The second-order valence-electron chi connectivity index (χ2n) is 5.35. The topological polar surface area (TPSA) is 79.5 Å². The van der Waals surface area contributed by atoms with Gasteiger partial charge < -0.3 is 9.29 Å². The van der Waals surface area contributed by atoms with Crippen molar-refractivity contribution in [3.05, 3.63) is 47.2 Å². The number of hydrogen-bond acceptors (Lipinski definition) is 6. The summed E-state index contributed by atoms with van der Waals surface area (Å²) in [5.41, 5.74) is 1.32. The molecule has 0 bridgehead atoms. The second-order valence-corrected chi connectivity index (χ2v) is 7.56. The predicted octanol–water partition coefficient (Wildman–Crippen LogP) is 3.46. The Hall–Kier alpha value is -2.00. The van der Waals surface area contributed by atoms with Gasteiger partial charge in [-0.1, -0.05) is 35.6 Å². The van der Waals surface area contributed by atoms with Crippen LogP contribution in [0.25, 0.3) is 27.1 Å². The van der Waals surface area contributed by atoms with E-state index in [2.05, 4.69) is 58.1 Å². The van der Waals surface area contributed by atoms with E-state index in [-0.39, 0.29) is 0 Å². The molecule has 2 aromatic carbocycles. The van der Waals surface area contributed by atoms with Gasteiger partial charge in [0, 0.05) is 0 Å². The molecule has 6 nitrogen and oxygen atoms in total. The maximum Gasteiger partial charge on any atom is 0.266 e. The number of nitrogens with zero attached hydrogens (tertiary/aromatic N) is 1. The molecule has 1 heterocycles. The molecule has 0 aliphatic rings. The molecule has 0 saturated heterocycles. The molecule has 140 valence electrons. The van der Waals surface area contributed by atoms with Crippen molar-refractivity contribution in [2.24, 2.45) is 0 Å². The van der Waals surface area contributed by atoms with E-state index >= 15 is 0 Å². The maximum atomic E-state index is 9.22. The van der Waals surface area contributed by atoms with Crippen LogP contribution in [0, 0.1) is 0 Å². The number of hydrogen-bond donors (Lipinski definition) is 0. The minimum Gasteiger partial charge on any atom is -0.726 e. The number of benzene rings is 2. The number of thiazole rings is 1. The van der Waals surface area contributed by atoms with E-state index in [0.717, 1.165) is 19.4 Å². The first kappa shape index (κ1) is 20.3. The molecule has 0 spiro atoms. The molecule has 0 aliphatic carbocycles. The van der Waals surface area contributed by atoms with Crippen molar-refractivity contribution in [2.75, 3.05) is 14.2 Å². The fraction of sp³-hybridized carbons (Fsp3) is 0.278. The lowest BCUT2D eigenvalue weighted by atomic mass is 10.1. The van der Waals surface area contributed by atoms with Crippen molar-refractivity contribution < 1.29 is 26.5 Å². The number of fused-ring (bicyclic) bond motifs is 3. The molecule has 0 radical (unpaired) electrons. The summed E-state index contributed by atoms with van der Waals surface area (Å²) < 4.78 is 40.0. The van der Waals surface area contributed by atoms with Crippen molar-refractivity contribution in [3.8, 4) is 0 Å². The first-order valence-corrected chi connectivity index (χ1v) is 10.0. The molecule has 0 aliphatic heterocycles. The first-order valence-electron chi connectivity index (χ1n) is 7.88. The molecular weight excluding hydrogens is 374 g/mol. The maximum absolute atomic E-state index is 9.22. The summed E-state index contributed by atoms with van der Waals surface area (Å²) in [7, 11) is -1.89. The number of allylic oxidation sites excluding steroid dienone is 1. The highest BCUT2D eigenvalue weighted by atomic mass is 32.3. The van der Waals surface area contributed by atoms with Crippen LogP contribution in [0.5, 0.6) is 0 Å². The molecule has 3 aromatic rings. The Bertz CT molecular complexity index is 1040. The quantitative estimate of drug-likeness (QED) is 0.292. The highest BCUT2D eigenvalue weighted by Gasteiger charge is 2.20. The van der Waals surface area contributed by atoms with Gasteiger partial charge in [-0.05, 0) is 31.4 Å². The smallest absolute Gasteiger partial charge is 0.266 e. The van der Waals surface area contributed by atoms with Crippen LogP contribution < -0.4 is 4.57 Å². The highest BCUT2D eigenvalue weighted by Crippen LogP contribution is 2.29. The zero-order chi connectivity index (χ0) is 19.3. The summed E-state index contributed by atoms with van der Waals surface area (Å²) in [5.74, 6) is 0.933. The van der Waals surface area contributed by atoms with Crippen LogP contribution in [-0.4, -0.2) is 27.2 Å². The summed E-state index contributed by atoms with van der Waals surface area (Å²) in [6, 6.07) is 13.0. The summed E-state index contributed by atoms with van der Waals surface area (Å²) in [4.78, 5) is 0. The van der Waals surface area contributed by atoms with Crippen molar-refractivity contribution in [1.29, 1.82) is 0 Å². The van der Waals surface area contributed by atoms with Gasteiger partial charge in [0.2, 0.25) is 15.9 Å². The van der Waals surface area contributed by atoms with Gasteiger partial charge in [-0.25, -0.2) is 8.42 Å². The van der Waals surface area contributed by atoms with Gasteiger partial charge in [-0.2, -0.15) is 4.57 Å². The van der Waals surface area contributed by atoms with E-state index in [4.69, 9.17) is 4.74 Å². The van der Waals surface area contributed by atoms with E-state index in [1.54, 1.807) is 7.11 Å². The van der Waals surface area contributed by atoms with E-state index in [1.807, 2.05) is 18.3 Å². The third-order valence-corrected chi connectivity index (χ3v) is 5.29. The molecule has 8 heteroatoms. The zero-order valence-corrected chi connectivity index (χ0v) is 16.7. The molecule has 0 amide bonds. The third kappa shape index (κ3) is 4.79. The fourth-order valence-corrected chi connectivity index (χ4v) is 3.76. The highest BCUT2D eigenvalue weighted by molar-refractivity contribution is 7.80. The number of methoxy groups -OCH3 is 1. The van der Waals surface area contributed by atoms with E-state index < -0.39 is 10.4 Å². The predicted molar refractivity (Wildman–Crippen MR) is 103 cm³/mol. The SMILES string of the molecule is CC[n+]1c(/C=C(\C)OC)sc2ccc3ccccc3c21.COS(=O)(=O)[O-]. The Labute approximate surface area is 157 Å². The van der Waals surface area contributed by atoms with Crippen LogP contribution in [0.3, 0.4) is 0 Å². The summed E-state index contributed by atoms with van der Waals surface area (Å²) >= 11 is 1.81. The summed E-state index contributed by atoms with van der Waals surface area (Å²) in [6.07, 6.45) is 2.11. The molecule has 3 rings (SSSR count). The Morgan fingerprint density at radius 1 is 1.23 bits per heavy atom. The lowest BCUT2D eigenvalue weighted by Gasteiger charge is -1.98. The average Bonchev–Trinajstić information content (AvgIpc) is 2.98. The molecule has 0 atom stereocenters. The van der Waals surface area contributed by atoms with Crippen molar-refractivity contribution in [3.63, 3.8) is 0 Å². The number of rotatable bonds is 4. The van der Waals surface area contributed by atoms with Crippen LogP contribution in [0.15, 0.2) is 42.2 Å². The Kier molecular flexibility index (Phi) is 6.71. The molecule has 0 N–H and O–H groups in total. The zero-order valence-electron chi connectivity index (χ0n) is 15.1. The molecule has 0 unspecified atom stereocenters. The van der Waals surface area contributed by atoms with Crippen molar-refractivity contribution >= 4 is 48.8 Å². The van der Waals surface area contributed by atoms with Gasteiger partial charge >= 0.3 is 0 Å². The minimum atomic E-state index is -4.41. The molecule has 1 aromatic heterocycles. The molecule has 0 fully saturated rings. The van der Waals surface area contributed by atoms with Crippen molar-refractivity contribution in [1.82, 2.24) is 0 Å². The van der Waals surface area contributed by atoms with E-state index in [0.29, 0.717) is 0 Å². The van der Waals surface area contributed by atoms with E-state index in [9.17, 15) is 13.0 Å². The van der Waals surface area contributed by atoms with Crippen LogP contribution in [-0.2, 0) is 25.9 Å². The number of aryl methyl sites for hydroxylation is 1. The van der Waals surface area contributed by atoms with Gasteiger partial charge in [0.15, 0.2) is 0 Å². The number of aromatic nitrogens is 1. The molecule has 26 heavy (non-hydrogen) atoms. The van der Waals surface area contributed by atoms with Gasteiger partial charge in [-0.15, -0.1) is 0 Å². The van der Waals surface area contributed by atoms with Crippen LogP contribution >= 0.6 is 11.3 Å². The Balaban J connectivity index is 0.000000352. The fourth-order valence-electron chi connectivity index (χ4n) is 2.53. The number of ether oxygens (including phenoxy) is 1. The van der Waals surface area contributed by atoms with Gasteiger partial charge in [0.25, 0.3) is 5.01 Å².